The van der Waals surface area contributed by atoms with Gasteiger partial charge < -0.3 is 15.2 Å². The Bertz CT molecular complexity index is 462. The van der Waals surface area contributed by atoms with Crippen LogP contribution >= 0.6 is 0 Å². The highest BCUT2D eigenvalue weighted by Crippen LogP contribution is 2.34. The first-order chi connectivity index (χ1) is 9.28. The third-order valence-electron chi connectivity index (χ3n) is 3.58. The van der Waals surface area contributed by atoms with Crippen molar-refractivity contribution in [2.75, 3.05) is 13.7 Å². The lowest BCUT2D eigenvalue weighted by atomic mass is 10.0. The fourth-order valence-corrected chi connectivity index (χ4v) is 2.45. The summed E-state index contributed by atoms with van der Waals surface area (Å²) >= 11 is 0. The Hall–Kier alpha value is -1.73. The highest BCUT2D eigenvalue weighted by molar-refractivity contribution is 5.45. The van der Waals surface area contributed by atoms with Gasteiger partial charge in [-0.25, -0.2) is 0 Å². The van der Waals surface area contributed by atoms with Gasteiger partial charge in [-0.1, -0.05) is 6.07 Å². The number of hydrogen-bond acceptors (Lipinski definition) is 4. The fourth-order valence-electron chi connectivity index (χ4n) is 2.45. The van der Waals surface area contributed by atoms with Gasteiger partial charge in [0.2, 0.25) is 0 Å². The number of nitrogens with two attached hydrogens (primary N) is 1. The quantitative estimate of drug-likeness (QED) is 0.883. The van der Waals surface area contributed by atoms with E-state index in [1.165, 1.54) is 12.8 Å². The van der Waals surface area contributed by atoms with Gasteiger partial charge in [0.25, 0.3) is 0 Å². The predicted octanol–water partition coefficient (Wildman–Crippen LogP) is 2.58. The molecule has 4 heteroatoms. The maximum absolute atomic E-state index is 9.08. The average molecular weight is 260 g/mol. The van der Waals surface area contributed by atoms with Crippen molar-refractivity contribution >= 4 is 0 Å². The summed E-state index contributed by atoms with van der Waals surface area (Å²) in [6, 6.07) is 7.81. The van der Waals surface area contributed by atoms with Crippen molar-refractivity contribution in [3.63, 3.8) is 0 Å². The van der Waals surface area contributed by atoms with Crippen LogP contribution in [0.3, 0.4) is 0 Å². The van der Waals surface area contributed by atoms with Crippen LogP contribution in [0.5, 0.6) is 11.5 Å². The standard InChI is InChI=1S/C15H20N2O2/c1-18-14-7-6-11(12(9-16)10-17)8-15(14)19-13-4-2-3-5-13/h6-8,12-13H,2-5,9,16H2,1H3. The summed E-state index contributed by atoms with van der Waals surface area (Å²) in [6.45, 7) is 0.311. The molecule has 0 aromatic heterocycles. The summed E-state index contributed by atoms with van der Waals surface area (Å²) in [5.74, 6) is 1.14. The van der Waals surface area contributed by atoms with E-state index in [-0.39, 0.29) is 12.0 Å². The molecule has 1 aliphatic rings. The van der Waals surface area contributed by atoms with Crippen LogP contribution in [0.2, 0.25) is 0 Å². The molecule has 2 N–H and O–H groups in total. The van der Waals surface area contributed by atoms with Crippen molar-refractivity contribution in [1.82, 2.24) is 0 Å². The van der Waals surface area contributed by atoms with E-state index in [0.717, 1.165) is 24.2 Å². The molecule has 1 atom stereocenters. The summed E-state index contributed by atoms with van der Waals surface area (Å²) < 4.78 is 11.3. The van der Waals surface area contributed by atoms with E-state index in [1.54, 1.807) is 7.11 Å². The van der Waals surface area contributed by atoms with E-state index < -0.39 is 0 Å². The van der Waals surface area contributed by atoms with Gasteiger partial charge in [0.05, 0.1) is 25.2 Å². The predicted molar refractivity (Wildman–Crippen MR) is 73.3 cm³/mol. The Morgan fingerprint density at radius 3 is 2.68 bits per heavy atom. The molecule has 0 aliphatic heterocycles. The van der Waals surface area contributed by atoms with Crippen LogP contribution in [0, 0.1) is 11.3 Å². The SMILES string of the molecule is COc1ccc(C(C#N)CN)cc1OC1CCCC1. The average Bonchev–Trinajstić information content (AvgIpc) is 2.93. The number of benzene rings is 1. The van der Waals surface area contributed by atoms with E-state index in [1.807, 2.05) is 18.2 Å². The molecule has 1 aromatic rings. The molecule has 0 amide bonds. The smallest absolute Gasteiger partial charge is 0.161 e. The third kappa shape index (κ3) is 3.18. The minimum atomic E-state index is -0.295. The molecule has 1 fully saturated rings. The van der Waals surface area contributed by atoms with E-state index in [9.17, 15) is 0 Å². The number of hydrogen-bond donors (Lipinski definition) is 1. The zero-order chi connectivity index (χ0) is 13.7. The number of rotatable bonds is 5. The third-order valence-corrected chi connectivity index (χ3v) is 3.58. The fraction of sp³-hybridized carbons (Fsp3) is 0.533. The Kier molecular flexibility index (Phi) is 4.64. The minimum absolute atomic E-state index is 0.266. The first-order valence-electron chi connectivity index (χ1n) is 6.72. The molecule has 0 saturated heterocycles. The van der Waals surface area contributed by atoms with Crippen molar-refractivity contribution in [2.24, 2.45) is 5.73 Å². The first-order valence-corrected chi connectivity index (χ1v) is 6.72. The second-order valence-electron chi connectivity index (χ2n) is 4.85. The van der Waals surface area contributed by atoms with Crippen LogP contribution in [-0.2, 0) is 0 Å². The van der Waals surface area contributed by atoms with Gasteiger partial charge in [-0.3, -0.25) is 0 Å². The highest BCUT2D eigenvalue weighted by atomic mass is 16.5. The Morgan fingerprint density at radius 1 is 1.37 bits per heavy atom. The first kappa shape index (κ1) is 13.7. The number of methoxy groups -OCH3 is 1. The van der Waals surface area contributed by atoms with Gasteiger partial charge in [-0.2, -0.15) is 5.26 Å². The maximum Gasteiger partial charge on any atom is 0.161 e. The molecule has 19 heavy (non-hydrogen) atoms. The normalized spacial score (nSPS) is 16.9. The molecule has 1 aromatic carbocycles. The largest absolute Gasteiger partial charge is 0.493 e. The zero-order valence-electron chi connectivity index (χ0n) is 11.3. The molecule has 1 unspecified atom stereocenters. The van der Waals surface area contributed by atoms with Crippen LogP contribution in [-0.4, -0.2) is 19.8 Å². The van der Waals surface area contributed by atoms with Crippen LogP contribution in [0.25, 0.3) is 0 Å². The zero-order valence-corrected chi connectivity index (χ0v) is 11.3. The molecule has 0 spiro atoms. The second kappa shape index (κ2) is 6.44. The van der Waals surface area contributed by atoms with E-state index in [4.69, 9.17) is 20.5 Å². The Labute approximate surface area is 114 Å². The molecule has 0 heterocycles. The molecule has 0 radical (unpaired) electrons. The van der Waals surface area contributed by atoms with E-state index >= 15 is 0 Å². The Morgan fingerprint density at radius 2 is 2.11 bits per heavy atom. The Balaban J connectivity index is 2.23. The van der Waals surface area contributed by atoms with E-state index in [0.29, 0.717) is 12.3 Å². The van der Waals surface area contributed by atoms with Gasteiger partial charge in [0.15, 0.2) is 11.5 Å². The molecule has 0 bridgehead atoms. The molecule has 1 saturated carbocycles. The molecular weight excluding hydrogens is 240 g/mol. The molecule has 4 nitrogen and oxygen atoms in total. The van der Waals surface area contributed by atoms with Gasteiger partial charge in [0.1, 0.15) is 0 Å². The van der Waals surface area contributed by atoms with Crippen molar-refractivity contribution in [1.29, 1.82) is 5.26 Å². The number of nitrogens with zero attached hydrogens (tertiary/aromatic N) is 1. The number of ether oxygens (including phenoxy) is 2. The highest BCUT2D eigenvalue weighted by Gasteiger charge is 2.19. The molecular formula is C15H20N2O2. The molecule has 2 rings (SSSR count). The van der Waals surface area contributed by atoms with Gasteiger partial charge in [-0.05, 0) is 43.4 Å². The van der Waals surface area contributed by atoms with Gasteiger partial charge in [0, 0.05) is 6.54 Å². The minimum Gasteiger partial charge on any atom is -0.493 e. The summed E-state index contributed by atoms with van der Waals surface area (Å²) in [5, 5.41) is 9.08. The lowest BCUT2D eigenvalue weighted by molar-refractivity contribution is 0.200. The van der Waals surface area contributed by atoms with Crippen molar-refractivity contribution in [2.45, 2.75) is 37.7 Å². The monoisotopic (exact) mass is 260 g/mol. The van der Waals surface area contributed by atoms with Crippen LogP contribution in [0.15, 0.2) is 18.2 Å². The van der Waals surface area contributed by atoms with Gasteiger partial charge >= 0.3 is 0 Å². The molecule has 102 valence electrons. The molecule has 1 aliphatic carbocycles. The lowest BCUT2D eigenvalue weighted by Crippen LogP contribution is -2.13. The van der Waals surface area contributed by atoms with Crippen LogP contribution < -0.4 is 15.2 Å². The second-order valence-corrected chi connectivity index (χ2v) is 4.85. The summed E-state index contributed by atoms with van der Waals surface area (Å²) in [5.41, 5.74) is 6.49. The summed E-state index contributed by atoms with van der Waals surface area (Å²) in [4.78, 5) is 0. The van der Waals surface area contributed by atoms with E-state index in [2.05, 4.69) is 6.07 Å². The van der Waals surface area contributed by atoms with Gasteiger partial charge in [-0.15, -0.1) is 0 Å². The summed E-state index contributed by atoms with van der Waals surface area (Å²) in [6.07, 6.45) is 4.88. The summed E-state index contributed by atoms with van der Waals surface area (Å²) in [7, 11) is 1.63. The topological polar surface area (TPSA) is 68.3 Å². The lowest BCUT2D eigenvalue weighted by Gasteiger charge is -2.17. The van der Waals surface area contributed by atoms with Crippen LogP contribution in [0.1, 0.15) is 37.2 Å². The number of nitriles is 1. The van der Waals surface area contributed by atoms with Crippen molar-refractivity contribution < 1.29 is 9.47 Å². The maximum atomic E-state index is 9.08. The van der Waals surface area contributed by atoms with Crippen molar-refractivity contribution in [3.05, 3.63) is 23.8 Å². The van der Waals surface area contributed by atoms with Crippen molar-refractivity contribution in [3.8, 4) is 17.6 Å². The van der Waals surface area contributed by atoms with Crippen LogP contribution in [0.4, 0.5) is 0 Å².